The van der Waals surface area contributed by atoms with Crippen molar-refractivity contribution in [3.05, 3.63) is 60.6 Å². The number of ether oxygens (including phenoxy) is 2. The molecule has 1 fully saturated rings. The van der Waals surface area contributed by atoms with Crippen LogP contribution in [0.1, 0.15) is 5.76 Å². The Morgan fingerprint density at radius 2 is 2.00 bits per heavy atom. The Bertz CT molecular complexity index is 845. The Hall–Kier alpha value is -2.77. The van der Waals surface area contributed by atoms with Crippen molar-refractivity contribution in [3.63, 3.8) is 0 Å². The van der Waals surface area contributed by atoms with Crippen LogP contribution in [-0.4, -0.2) is 45.1 Å². The van der Waals surface area contributed by atoms with Gasteiger partial charge < -0.3 is 19.0 Å². The van der Waals surface area contributed by atoms with Crippen molar-refractivity contribution in [2.24, 2.45) is 7.05 Å². The van der Waals surface area contributed by atoms with Crippen LogP contribution in [0.3, 0.4) is 0 Å². The van der Waals surface area contributed by atoms with E-state index in [9.17, 15) is 5.11 Å². The lowest BCUT2D eigenvalue weighted by atomic mass is 10.3. The lowest BCUT2D eigenvalue weighted by Crippen LogP contribution is -2.29. The molecule has 2 atom stereocenters. The van der Waals surface area contributed by atoms with E-state index in [2.05, 4.69) is 10.00 Å². The molecule has 0 unspecified atom stereocenters. The van der Waals surface area contributed by atoms with Crippen LogP contribution in [0.5, 0.6) is 17.4 Å². The number of rotatable bonds is 6. The molecule has 2 aromatic heterocycles. The Balaban J connectivity index is 1.33. The number of hydrogen-bond acceptors (Lipinski definition) is 6. The molecule has 0 amide bonds. The molecule has 3 aromatic rings. The van der Waals surface area contributed by atoms with E-state index in [1.54, 1.807) is 23.1 Å². The summed E-state index contributed by atoms with van der Waals surface area (Å²) in [4.78, 5) is 2.09. The molecule has 0 radical (unpaired) electrons. The molecule has 1 saturated heterocycles. The number of benzene rings is 1. The quantitative estimate of drug-likeness (QED) is 0.732. The van der Waals surface area contributed by atoms with Crippen molar-refractivity contribution in [2.75, 3.05) is 13.1 Å². The maximum Gasteiger partial charge on any atom is 0.290 e. The Kier molecular flexibility index (Phi) is 4.64. The number of aromatic nitrogens is 2. The number of aliphatic hydroxyl groups is 1. The van der Waals surface area contributed by atoms with E-state index in [1.807, 2.05) is 43.4 Å². The zero-order chi connectivity index (χ0) is 17.9. The van der Waals surface area contributed by atoms with Gasteiger partial charge in [0, 0.05) is 26.2 Å². The van der Waals surface area contributed by atoms with Crippen LogP contribution in [-0.2, 0) is 13.6 Å². The molecule has 26 heavy (non-hydrogen) atoms. The molecule has 1 aromatic carbocycles. The minimum atomic E-state index is -0.551. The Labute approximate surface area is 151 Å². The summed E-state index contributed by atoms with van der Waals surface area (Å²) in [6, 6.07) is 13.2. The van der Waals surface area contributed by atoms with Crippen LogP contribution in [0.25, 0.3) is 0 Å². The van der Waals surface area contributed by atoms with Gasteiger partial charge in [0.05, 0.1) is 18.9 Å². The molecule has 0 aliphatic carbocycles. The summed E-state index contributed by atoms with van der Waals surface area (Å²) in [5, 5.41) is 14.3. The highest BCUT2D eigenvalue weighted by molar-refractivity contribution is 5.26. The average molecular weight is 355 g/mol. The number of β-amino-alcohol motifs (C(OH)–C–C–N with tert-alkyl or cyclic N) is 1. The van der Waals surface area contributed by atoms with Crippen LogP contribution >= 0.6 is 0 Å². The predicted octanol–water partition coefficient (Wildman–Crippen LogP) is 2.43. The van der Waals surface area contributed by atoms with E-state index in [1.165, 1.54) is 0 Å². The molecule has 3 heterocycles. The first-order valence-electron chi connectivity index (χ1n) is 8.53. The number of likely N-dealkylation sites (tertiary alicyclic amines) is 1. The van der Waals surface area contributed by atoms with Crippen LogP contribution in [0.4, 0.5) is 0 Å². The molecule has 7 nitrogen and oxygen atoms in total. The number of nitrogens with zero attached hydrogens (tertiary/aromatic N) is 3. The van der Waals surface area contributed by atoms with E-state index in [-0.39, 0.29) is 6.10 Å². The standard InChI is InChI=1S/C19H21N3O4/c1-21-10-16(9-20-21)24-18-13-22(12-17(18)23)11-15-7-8-19(26-15)25-14-5-3-2-4-6-14/h2-10,17-18,23H,11-13H2,1H3/t17-,18-/m1/s1. The number of furan rings is 1. The second kappa shape index (κ2) is 7.23. The molecule has 0 saturated carbocycles. The van der Waals surface area contributed by atoms with Crippen molar-refractivity contribution in [2.45, 2.75) is 18.8 Å². The van der Waals surface area contributed by atoms with Gasteiger partial charge in [-0.1, -0.05) is 18.2 Å². The Morgan fingerprint density at radius 3 is 2.77 bits per heavy atom. The van der Waals surface area contributed by atoms with E-state index >= 15 is 0 Å². The van der Waals surface area contributed by atoms with Crippen molar-refractivity contribution in [1.29, 1.82) is 0 Å². The molecular formula is C19H21N3O4. The summed E-state index contributed by atoms with van der Waals surface area (Å²) in [6.45, 7) is 1.73. The van der Waals surface area contributed by atoms with Gasteiger partial charge in [0.25, 0.3) is 5.95 Å². The second-order valence-corrected chi connectivity index (χ2v) is 6.40. The predicted molar refractivity (Wildman–Crippen MR) is 94.1 cm³/mol. The van der Waals surface area contributed by atoms with Gasteiger partial charge in [-0.15, -0.1) is 0 Å². The minimum absolute atomic E-state index is 0.283. The van der Waals surface area contributed by atoms with Crippen molar-refractivity contribution < 1.29 is 19.0 Å². The fraction of sp³-hybridized carbons (Fsp3) is 0.316. The number of hydrogen-bond donors (Lipinski definition) is 1. The van der Waals surface area contributed by atoms with Crippen LogP contribution in [0.15, 0.2) is 59.3 Å². The van der Waals surface area contributed by atoms with Crippen molar-refractivity contribution in [1.82, 2.24) is 14.7 Å². The normalized spacial score (nSPS) is 20.4. The molecule has 1 aliphatic rings. The van der Waals surface area contributed by atoms with Gasteiger partial charge in [0.1, 0.15) is 23.7 Å². The molecule has 136 valence electrons. The third-order valence-corrected chi connectivity index (χ3v) is 4.26. The molecule has 4 rings (SSSR count). The summed E-state index contributed by atoms with van der Waals surface area (Å²) >= 11 is 0. The fourth-order valence-corrected chi connectivity index (χ4v) is 3.04. The molecule has 1 aliphatic heterocycles. The monoisotopic (exact) mass is 355 g/mol. The highest BCUT2D eigenvalue weighted by Gasteiger charge is 2.33. The highest BCUT2D eigenvalue weighted by atomic mass is 16.6. The van der Waals surface area contributed by atoms with Gasteiger partial charge in [0.2, 0.25) is 0 Å². The summed E-state index contributed by atoms with van der Waals surface area (Å²) in [7, 11) is 1.83. The zero-order valence-electron chi connectivity index (χ0n) is 14.5. The van der Waals surface area contributed by atoms with E-state index < -0.39 is 6.10 Å². The molecule has 0 spiro atoms. The van der Waals surface area contributed by atoms with Crippen LogP contribution in [0.2, 0.25) is 0 Å². The fourth-order valence-electron chi connectivity index (χ4n) is 3.04. The van der Waals surface area contributed by atoms with Gasteiger partial charge in [-0.05, 0) is 18.2 Å². The molecular weight excluding hydrogens is 334 g/mol. The maximum absolute atomic E-state index is 10.3. The largest absolute Gasteiger partial charge is 0.483 e. The van der Waals surface area contributed by atoms with Crippen LogP contribution < -0.4 is 9.47 Å². The highest BCUT2D eigenvalue weighted by Crippen LogP contribution is 2.25. The van der Waals surface area contributed by atoms with E-state index in [0.717, 1.165) is 11.5 Å². The van der Waals surface area contributed by atoms with Gasteiger partial charge in [-0.25, -0.2) is 0 Å². The van der Waals surface area contributed by atoms with E-state index in [4.69, 9.17) is 13.9 Å². The van der Waals surface area contributed by atoms with Gasteiger partial charge in [-0.3, -0.25) is 9.58 Å². The first-order valence-corrected chi connectivity index (χ1v) is 8.53. The zero-order valence-corrected chi connectivity index (χ0v) is 14.5. The smallest absolute Gasteiger partial charge is 0.290 e. The first kappa shape index (κ1) is 16.7. The summed E-state index contributed by atoms with van der Waals surface area (Å²) in [5.74, 6) is 2.63. The number of aliphatic hydroxyl groups excluding tert-OH is 1. The van der Waals surface area contributed by atoms with Gasteiger partial charge in [-0.2, -0.15) is 5.10 Å². The second-order valence-electron chi connectivity index (χ2n) is 6.40. The summed E-state index contributed by atoms with van der Waals surface area (Å²) in [6.07, 6.45) is 2.60. The third kappa shape index (κ3) is 3.89. The van der Waals surface area contributed by atoms with Gasteiger partial charge >= 0.3 is 0 Å². The Morgan fingerprint density at radius 1 is 1.15 bits per heavy atom. The lowest BCUT2D eigenvalue weighted by Gasteiger charge is -2.15. The number of aryl methyl sites for hydroxylation is 1. The van der Waals surface area contributed by atoms with Gasteiger partial charge in [0.15, 0.2) is 5.75 Å². The molecule has 0 bridgehead atoms. The van der Waals surface area contributed by atoms with Crippen molar-refractivity contribution >= 4 is 0 Å². The SMILES string of the molecule is Cn1cc(O[C@@H]2CN(Cc3ccc(Oc4ccccc4)o3)C[C@H]2O)cn1. The summed E-state index contributed by atoms with van der Waals surface area (Å²) < 4.78 is 18.9. The number of para-hydroxylation sites is 1. The summed E-state index contributed by atoms with van der Waals surface area (Å²) in [5.41, 5.74) is 0. The molecule has 7 heteroatoms. The van der Waals surface area contributed by atoms with Crippen LogP contribution in [0, 0.1) is 0 Å². The minimum Gasteiger partial charge on any atom is -0.483 e. The maximum atomic E-state index is 10.3. The first-order chi connectivity index (χ1) is 12.7. The average Bonchev–Trinajstić information content (AvgIpc) is 3.32. The van der Waals surface area contributed by atoms with Crippen molar-refractivity contribution in [3.8, 4) is 17.4 Å². The van der Waals surface area contributed by atoms with E-state index in [0.29, 0.717) is 31.3 Å². The lowest BCUT2D eigenvalue weighted by molar-refractivity contribution is 0.0736. The third-order valence-electron chi connectivity index (χ3n) is 4.26. The molecule has 1 N–H and O–H groups in total. The topological polar surface area (TPSA) is 72.9 Å².